The molecule has 2 rings (SSSR count). The van der Waals surface area contributed by atoms with Crippen LogP contribution in [0.25, 0.3) is 0 Å². The second kappa shape index (κ2) is 8.51. The topological polar surface area (TPSA) is 55.4 Å². The molecule has 2 aromatic rings. The molecular weight excluding hydrogens is 369 g/mol. The quantitative estimate of drug-likeness (QED) is 0.741. The van der Waals surface area contributed by atoms with Gasteiger partial charge in [-0.1, -0.05) is 49.2 Å². The minimum Gasteiger partial charge on any atom is -0.458 e. The number of ether oxygens (including phenoxy) is 1. The Hall–Kier alpha value is -1.56. The number of thiophene rings is 1. The molecule has 1 aromatic heterocycles. The van der Waals surface area contributed by atoms with Crippen molar-refractivity contribution in [3.8, 4) is 0 Å². The van der Waals surface area contributed by atoms with Gasteiger partial charge in [-0.3, -0.25) is 4.79 Å². The van der Waals surface area contributed by atoms with Crippen LogP contribution in [0.3, 0.4) is 0 Å². The van der Waals surface area contributed by atoms with Crippen molar-refractivity contribution in [1.82, 2.24) is 5.32 Å². The number of halogens is 2. The summed E-state index contributed by atoms with van der Waals surface area (Å²) in [6, 6.07) is 9.46. The van der Waals surface area contributed by atoms with Gasteiger partial charge in [0.2, 0.25) is 0 Å². The predicted molar refractivity (Wildman–Crippen MR) is 96.7 cm³/mol. The average Bonchev–Trinajstić information content (AvgIpc) is 2.95. The Balaban J connectivity index is 2.01. The van der Waals surface area contributed by atoms with Gasteiger partial charge in [-0.2, -0.15) is 0 Å². The van der Waals surface area contributed by atoms with Crippen molar-refractivity contribution in [1.29, 1.82) is 0 Å². The summed E-state index contributed by atoms with van der Waals surface area (Å²) in [6.07, 6.45) is 0. The number of amides is 1. The van der Waals surface area contributed by atoms with Crippen molar-refractivity contribution in [2.24, 2.45) is 5.92 Å². The van der Waals surface area contributed by atoms with Crippen molar-refractivity contribution >= 4 is 46.4 Å². The second-order valence-electron chi connectivity index (χ2n) is 5.49. The highest BCUT2D eigenvalue weighted by Gasteiger charge is 2.27. The summed E-state index contributed by atoms with van der Waals surface area (Å²) in [6.45, 7) is 3.79. The number of esters is 1. The van der Waals surface area contributed by atoms with E-state index in [-0.39, 0.29) is 12.5 Å². The van der Waals surface area contributed by atoms with Crippen LogP contribution < -0.4 is 5.32 Å². The lowest BCUT2D eigenvalue weighted by atomic mass is 10.0. The van der Waals surface area contributed by atoms with Crippen LogP contribution in [-0.4, -0.2) is 17.9 Å². The number of hydrogen-bond donors (Lipinski definition) is 1. The van der Waals surface area contributed by atoms with Gasteiger partial charge in [0.25, 0.3) is 5.91 Å². The van der Waals surface area contributed by atoms with E-state index in [4.69, 9.17) is 27.9 Å². The zero-order valence-corrected chi connectivity index (χ0v) is 15.5. The highest BCUT2D eigenvalue weighted by Crippen LogP contribution is 2.22. The summed E-state index contributed by atoms with van der Waals surface area (Å²) < 4.78 is 5.93. The Morgan fingerprint density at radius 1 is 1.17 bits per heavy atom. The Morgan fingerprint density at radius 2 is 1.88 bits per heavy atom. The molecule has 0 unspecified atom stereocenters. The number of hydrogen-bond acceptors (Lipinski definition) is 4. The second-order valence-corrected chi connectivity index (χ2v) is 7.70. The van der Waals surface area contributed by atoms with Gasteiger partial charge in [0.05, 0.1) is 14.9 Å². The Bertz CT molecular complexity index is 730. The first kappa shape index (κ1) is 18.8. The van der Waals surface area contributed by atoms with Crippen LogP contribution in [-0.2, 0) is 16.1 Å². The average molecular weight is 386 g/mol. The number of carbonyl (C=O) groups is 2. The number of benzene rings is 1. The number of nitrogens with one attached hydrogen (secondary N) is 1. The highest BCUT2D eigenvalue weighted by molar-refractivity contribution is 7.16. The molecule has 0 saturated carbocycles. The molecule has 24 heavy (non-hydrogen) atoms. The van der Waals surface area contributed by atoms with Crippen LogP contribution in [0.2, 0.25) is 9.36 Å². The van der Waals surface area contributed by atoms with E-state index >= 15 is 0 Å². The van der Waals surface area contributed by atoms with Gasteiger partial charge in [-0.05, 0) is 30.2 Å². The van der Waals surface area contributed by atoms with Gasteiger partial charge in [0, 0.05) is 4.88 Å². The van der Waals surface area contributed by atoms with E-state index in [1.165, 1.54) is 11.3 Å². The molecule has 0 aliphatic rings. The maximum atomic E-state index is 12.3. The normalized spacial score (nSPS) is 12.0. The van der Waals surface area contributed by atoms with Crippen LogP contribution in [0.4, 0.5) is 0 Å². The lowest BCUT2D eigenvalue weighted by molar-refractivity contribution is -0.148. The Labute approximate surface area is 154 Å². The van der Waals surface area contributed by atoms with E-state index in [1.54, 1.807) is 36.4 Å². The minimum absolute atomic E-state index is 0.126. The molecule has 0 spiro atoms. The molecule has 0 saturated heterocycles. The summed E-state index contributed by atoms with van der Waals surface area (Å²) in [7, 11) is 0. The van der Waals surface area contributed by atoms with Crippen molar-refractivity contribution in [2.45, 2.75) is 26.5 Å². The fourth-order valence-corrected chi connectivity index (χ4v) is 3.25. The van der Waals surface area contributed by atoms with Crippen LogP contribution in [0.1, 0.15) is 29.1 Å². The maximum Gasteiger partial charge on any atom is 0.329 e. The van der Waals surface area contributed by atoms with E-state index in [0.29, 0.717) is 14.9 Å². The largest absolute Gasteiger partial charge is 0.458 e. The lowest BCUT2D eigenvalue weighted by Gasteiger charge is -2.21. The van der Waals surface area contributed by atoms with E-state index in [9.17, 15) is 9.59 Å². The van der Waals surface area contributed by atoms with Gasteiger partial charge in [0.1, 0.15) is 12.6 Å². The first-order valence-electron chi connectivity index (χ1n) is 7.34. The van der Waals surface area contributed by atoms with Gasteiger partial charge in [-0.25, -0.2) is 4.79 Å². The van der Waals surface area contributed by atoms with Gasteiger partial charge >= 0.3 is 5.97 Å². The Morgan fingerprint density at radius 3 is 2.46 bits per heavy atom. The fraction of sp³-hybridized carbons (Fsp3) is 0.294. The molecule has 0 radical (unpaired) electrons. The molecular formula is C17H17Cl2NO3S. The summed E-state index contributed by atoms with van der Waals surface area (Å²) in [5.41, 5.74) is 0.322. The summed E-state index contributed by atoms with van der Waals surface area (Å²) >= 11 is 13.2. The van der Waals surface area contributed by atoms with Gasteiger partial charge in [-0.15, -0.1) is 11.3 Å². The molecule has 1 atom stereocenters. The van der Waals surface area contributed by atoms with E-state index in [0.717, 1.165) is 4.88 Å². The number of carbonyl (C=O) groups excluding carboxylic acids is 2. The third-order valence-corrected chi connectivity index (χ3v) is 4.85. The highest BCUT2D eigenvalue weighted by atomic mass is 35.5. The third kappa shape index (κ3) is 4.97. The van der Waals surface area contributed by atoms with Crippen molar-refractivity contribution in [2.75, 3.05) is 0 Å². The van der Waals surface area contributed by atoms with Crippen molar-refractivity contribution in [3.63, 3.8) is 0 Å². The molecule has 0 aliphatic carbocycles. The molecule has 0 bridgehead atoms. The molecule has 0 aliphatic heterocycles. The van der Waals surface area contributed by atoms with Crippen molar-refractivity contribution in [3.05, 3.63) is 56.2 Å². The zero-order chi connectivity index (χ0) is 17.7. The Kier molecular flexibility index (Phi) is 6.66. The van der Waals surface area contributed by atoms with Crippen LogP contribution in [0.15, 0.2) is 36.4 Å². The van der Waals surface area contributed by atoms with Gasteiger partial charge in [0.15, 0.2) is 0 Å². The van der Waals surface area contributed by atoms with Crippen LogP contribution in [0, 0.1) is 5.92 Å². The predicted octanol–water partition coefficient (Wildman–Crippen LogP) is 4.55. The maximum absolute atomic E-state index is 12.3. The summed E-state index contributed by atoms with van der Waals surface area (Å²) in [5.74, 6) is -1.03. The molecule has 1 heterocycles. The monoisotopic (exact) mass is 385 g/mol. The van der Waals surface area contributed by atoms with E-state index < -0.39 is 17.9 Å². The first-order chi connectivity index (χ1) is 11.4. The lowest BCUT2D eigenvalue weighted by Crippen LogP contribution is -2.45. The van der Waals surface area contributed by atoms with E-state index in [2.05, 4.69) is 5.32 Å². The molecule has 1 N–H and O–H groups in total. The summed E-state index contributed by atoms with van der Waals surface area (Å²) in [5, 5.41) is 3.03. The molecule has 0 fully saturated rings. The number of rotatable bonds is 6. The molecule has 1 amide bonds. The van der Waals surface area contributed by atoms with Gasteiger partial charge < -0.3 is 10.1 Å². The summed E-state index contributed by atoms with van der Waals surface area (Å²) in [4.78, 5) is 25.5. The van der Waals surface area contributed by atoms with Crippen LogP contribution in [0.5, 0.6) is 0 Å². The SMILES string of the molecule is CC(C)[C@H](NC(=O)c1ccccc1Cl)C(=O)OCc1ccc(Cl)s1. The minimum atomic E-state index is -0.760. The van der Waals surface area contributed by atoms with Crippen molar-refractivity contribution < 1.29 is 14.3 Å². The van der Waals surface area contributed by atoms with Crippen LogP contribution >= 0.6 is 34.5 Å². The molecule has 7 heteroatoms. The molecule has 1 aromatic carbocycles. The first-order valence-corrected chi connectivity index (χ1v) is 8.92. The van der Waals surface area contributed by atoms with E-state index in [1.807, 2.05) is 13.8 Å². The third-order valence-electron chi connectivity index (χ3n) is 3.31. The smallest absolute Gasteiger partial charge is 0.329 e. The molecule has 128 valence electrons. The zero-order valence-electron chi connectivity index (χ0n) is 13.2. The molecule has 4 nitrogen and oxygen atoms in total. The standard InChI is InChI=1S/C17H17Cl2NO3S/c1-10(2)15(17(22)23-9-11-7-8-14(19)24-11)20-16(21)12-5-3-4-6-13(12)18/h3-8,10,15H,9H2,1-2H3,(H,20,21)/t15-/m0/s1. The fourth-order valence-electron chi connectivity index (χ4n) is 2.02.